The van der Waals surface area contributed by atoms with E-state index in [0.717, 1.165) is 6.42 Å². The van der Waals surface area contributed by atoms with E-state index in [9.17, 15) is 4.79 Å². The highest BCUT2D eigenvalue weighted by Gasteiger charge is 2.06. The van der Waals surface area contributed by atoms with Crippen molar-refractivity contribution >= 4 is 17.3 Å². The predicted molar refractivity (Wildman–Crippen MR) is 81.8 cm³/mol. The fraction of sp³-hybridized carbons (Fsp3) is 0.688. The molecule has 0 bridgehead atoms. The van der Waals surface area contributed by atoms with Crippen LogP contribution in [0.1, 0.15) is 74.4 Å². The van der Waals surface area contributed by atoms with Crippen LogP contribution >= 0.6 is 11.3 Å². The monoisotopic (exact) mass is 282 g/mol. The number of esters is 1. The van der Waals surface area contributed by atoms with Gasteiger partial charge in [0.2, 0.25) is 0 Å². The van der Waals surface area contributed by atoms with Gasteiger partial charge in [0.25, 0.3) is 0 Å². The largest absolute Gasteiger partial charge is 0.462 e. The van der Waals surface area contributed by atoms with Crippen LogP contribution < -0.4 is 0 Å². The molecule has 0 saturated heterocycles. The van der Waals surface area contributed by atoms with Crippen LogP contribution in [-0.4, -0.2) is 12.6 Å². The number of ether oxygens (including phenoxy) is 1. The highest BCUT2D eigenvalue weighted by Crippen LogP contribution is 2.12. The molecule has 0 aliphatic rings. The molecule has 108 valence electrons. The molecule has 1 aromatic rings. The maximum absolute atomic E-state index is 11.5. The topological polar surface area (TPSA) is 26.3 Å². The molecule has 1 rings (SSSR count). The summed E-state index contributed by atoms with van der Waals surface area (Å²) >= 11 is 1.44. The smallest absolute Gasteiger partial charge is 0.348 e. The van der Waals surface area contributed by atoms with Gasteiger partial charge in [0.05, 0.1) is 6.61 Å². The second-order valence-electron chi connectivity index (χ2n) is 4.94. The van der Waals surface area contributed by atoms with Gasteiger partial charge in [0.15, 0.2) is 0 Å². The molecule has 19 heavy (non-hydrogen) atoms. The maximum Gasteiger partial charge on any atom is 0.348 e. The van der Waals surface area contributed by atoms with E-state index in [-0.39, 0.29) is 5.97 Å². The third kappa shape index (κ3) is 8.04. The first-order valence-corrected chi connectivity index (χ1v) is 8.43. The van der Waals surface area contributed by atoms with Crippen LogP contribution in [0.2, 0.25) is 0 Å². The summed E-state index contributed by atoms with van der Waals surface area (Å²) in [5, 5.41) is 1.90. The fourth-order valence-electron chi connectivity index (χ4n) is 2.04. The number of rotatable bonds is 11. The molecular weight excluding hydrogens is 256 g/mol. The average molecular weight is 282 g/mol. The van der Waals surface area contributed by atoms with Gasteiger partial charge in [0, 0.05) is 0 Å². The molecule has 1 heterocycles. The van der Waals surface area contributed by atoms with E-state index in [4.69, 9.17) is 4.74 Å². The lowest BCUT2D eigenvalue weighted by Gasteiger charge is -2.03. The van der Waals surface area contributed by atoms with E-state index < -0.39 is 0 Å². The highest BCUT2D eigenvalue weighted by molar-refractivity contribution is 7.11. The summed E-state index contributed by atoms with van der Waals surface area (Å²) in [7, 11) is 0. The standard InChI is InChI=1S/C16H26O2S/c1-2-3-4-5-6-7-8-9-10-13-18-16(17)15-12-11-14-19-15/h11-12,14H,2-10,13H2,1H3. The first-order valence-electron chi connectivity index (χ1n) is 7.55. The lowest BCUT2D eigenvalue weighted by molar-refractivity contribution is 0.0503. The lowest BCUT2D eigenvalue weighted by atomic mass is 10.1. The van der Waals surface area contributed by atoms with Crippen molar-refractivity contribution in [3.63, 3.8) is 0 Å². The molecule has 0 unspecified atom stereocenters. The van der Waals surface area contributed by atoms with Crippen LogP contribution in [-0.2, 0) is 4.74 Å². The molecule has 0 amide bonds. The molecule has 0 aliphatic heterocycles. The average Bonchev–Trinajstić information content (AvgIpc) is 2.95. The first-order chi connectivity index (χ1) is 9.34. The molecule has 0 aromatic carbocycles. The molecule has 0 saturated carbocycles. The van der Waals surface area contributed by atoms with E-state index in [1.54, 1.807) is 0 Å². The Morgan fingerprint density at radius 2 is 1.68 bits per heavy atom. The van der Waals surface area contributed by atoms with Gasteiger partial charge in [0.1, 0.15) is 4.88 Å². The molecule has 0 N–H and O–H groups in total. The fourth-order valence-corrected chi connectivity index (χ4v) is 2.66. The molecule has 0 atom stereocenters. The molecule has 3 heteroatoms. The summed E-state index contributed by atoms with van der Waals surface area (Å²) in [4.78, 5) is 12.2. The van der Waals surface area contributed by atoms with E-state index in [1.165, 1.54) is 62.7 Å². The van der Waals surface area contributed by atoms with Crippen LogP contribution in [0.5, 0.6) is 0 Å². The van der Waals surface area contributed by atoms with Crippen molar-refractivity contribution in [2.75, 3.05) is 6.61 Å². The van der Waals surface area contributed by atoms with Crippen LogP contribution in [0.25, 0.3) is 0 Å². The molecule has 0 aliphatic carbocycles. The van der Waals surface area contributed by atoms with Crippen LogP contribution in [0.4, 0.5) is 0 Å². The van der Waals surface area contributed by atoms with Gasteiger partial charge in [-0.1, -0.05) is 64.4 Å². The zero-order valence-electron chi connectivity index (χ0n) is 12.0. The maximum atomic E-state index is 11.5. The summed E-state index contributed by atoms with van der Waals surface area (Å²) in [5.41, 5.74) is 0. The van der Waals surface area contributed by atoms with E-state index in [1.807, 2.05) is 17.5 Å². The normalized spacial score (nSPS) is 10.6. The predicted octanol–water partition coefficient (Wildman–Crippen LogP) is 5.44. The minimum atomic E-state index is -0.172. The second-order valence-corrected chi connectivity index (χ2v) is 5.89. The quantitative estimate of drug-likeness (QED) is 0.399. The zero-order chi connectivity index (χ0) is 13.8. The van der Waals surface area contributed by atoms with Crippen LogP contribution in [0.15, 0.2) is 17.5 Å². The second kappa shape index (κ2) is 11.0. The molecule has 2 nitrogen and oxygen atoms in total. The van der Waals surface area contributed by atoms with Gasteiger partial charge < -0.3 is 4.74 Å². The number of thiophene rings is 1. The third-order valence-electron chi connectivity index (χ3n) is 3.20. The Morgan fingerprint density at radius 1 is 1.05 bits per heavy atom. The summed E-state index contributed by atoms with van der Waals surface area (Å²) in [6, 6.07) is 3.68. The van der Waals surface area contributed by atoms with Gasteiger partial charge >= 0.3 is 5.97 Å². The van der Waals surface area contributed by atoms with Gasteiger partial charge in [-0.05, 0) is 17.9 Å². The minimum Gasteiger partial charge on any atom is -0.462 e. The minimum absolute atomic E-state index is 0.172. The number of hydrogen-bond donors (Lipinski definition) is 0. The Bertz CT molecular complexity index is 319. The van der Waals surface area contributed by atoms with E-state index >= 15 is 0 Å². The zero-order valence-corrected chi connectivity index (χ0v) is 12.8. The van der Waals surface area contributed by atoms with Gasteiger partial charge in [-0.2, -0.15) is 0 Å². The van der Waals surface area contributed by atoms with Crippen molar-refractivity contribution in [3.8, 4) is 0 Å². The Kier molecular flexibility index (Phi) is 9.42. The van der Waals surface area contributed by atoms with Crippen LogP contribution in [0, 0.1) is 0 Å². The Morgan fingerprint density at radius 3 is 2.26 bits per heavy atom. The molecular formula is C16H26O2S. The molecule has 0 spiro atoms. The highest BCUT2D eigenvalue weighted by atomic mass is 32.1. The Hall–Kier alpha value is -0.830. The number of carbonyl (C=O) groups is 1. The third-order valence-corrected chi connectivity index (χ3v) is 4.05. The van der Waals surface area contributed by atoms with Crippen molar-refractivity contribution in [2.24, 2.45) is 0 Å². The van der Waals surface area contributed by atoms with Crippen molar-refractivity contribution < 1.29 is 9.53 Å². The summed E-state index contributed by atoms with van der Waals surface area (Å²) in [6.45, 7) is 2.81. The lowest BCUT2D eigenvalue weighted by Crippen LogP contribution is -2.04. The van der Waals surface area contributed by atoms with Crippen molar-refractivity contribution in [2.45, 2.75) is 64.7 Å². The first kappa shape index (κ1) is 16.2. The van der Waals surface area contributed by atoms with Crippen molar-refractivity contribution in [3.05, 3.63) is 22.4 Å². The van der Waals surface area contributed by atoms with Gasteiger partial charge in [-0.3, -0.25) is 0 Å². The Balaban J connectivity index is 1.85. The number of hydrogen-bond acceptors (Lipinski definition) is 3. The summed E-state index contributed by atoms with van der Waals surface area (Å²) < 4.78 is 5.22. The van der Waals surface area contributed by atoms with Crippen molar-refractivity contribution in [1.82, 2.24) is 0 Å². The molecule has 0 radical (unpaired) electrons. The van der Waals surface area contributed by atoms with Crippen molar-refractivity contribution in [1.29, 1.82) is 0 Å². The van der Waals surface area contributed by atoms with Gasteiger partial charge in [-0.25, -0.2) is 4.79 Å². The van der Waals surface area contributed by atoms with Crippen LogP contribution in [0.3, 0.4) is 0 Å². The van der Waals surface area contributed by atoms with E-state index in [2.05, 4.69) is 6.92 Å². The SMILES string of the molecule is CCCCCCCCCCCOC(=O)c1cccs1. The molecule has 1 aromatic heterocycles. The van der Waals surface area contributed by atoms with Gasteiger partial charge in [-0.15, -0.1) is 11.3 Å². The van der Waals surface area contributed by atoms with E-state index in [0.29, 0.717) is 11.5 Å². The number of carbonyl (C=O) groups excluding carboxylic acids is 1. The number of unbranched alkanes of at least 4 members (excludes halogenated alkanes) is 8. The summed E-state index contributed by atoms with van der Waals surface area (Å²) in [5.74, 6) is -0.172. The Labute approximate surface area is 121 Å². The summed E-state index contributed by atoms with van der Waals surface area (Å²) in [6.07, 6.45) is 11.6. The molecule has 0 fully saturated rings.